The van der Waals surface area contributed by atoms with Crippen LogP contribution in [0.2, 0.25) is 0 Å². The van der Waals surface area contributed by atoms with Crippen LogP contribution in [0.15, 0.2) is 66.4 Å². The highest BCUT2D eigenvalue weighted by Crippen LogP contribution is 2.22. The fourth-order valence-electron chi connectivity index (χ4n) is 2.68. The van der Waals surface area contributed by atoms with E-state index in [4.69, 9.17) is 4.74 Å². The Hall–Kier alpha value is -3.08. The summed E-state index contributed by atoms with van der Waals surface area (Å²) >= 11 is 0. The number of carbonyl (C=O) groups excluding carboxylic acids is 1. The molecule has 0 aliphatic heterocycles. The van der Waals surface area contributed by atoms with Crippen LogP contribution >= 0.6 is 0 Å². The standard InChI is InChI=1S/C22H25FN2O2/c1-14(2)20(21(24-5)17-12-10-15(3)11-13-17)25-22(26)27-16(4)18-8-6-7-9-19(18)23/h6-13,16,24H,1H2,2-5H3,(H,25,26)/b21-20+. The second-order valence-electron chi connectivity index (χ2n) is 6.34. The van der Waals surface area contributed by atoms with E-state index in [9.17, 15) is 9.18 Å². The fraction of sp³-hybridized carbons (Fsp3) is 0.227. The molecule has 2 rings (SSSR count). The number of alkyl carbamates (subject to hydrolysis) is 1. The van der Waals surface area contributed by atoms with E-state index in [2.05, 4.69) is 17.2 Å². The van der Waals surface area contributed by atoms with E-state index in [-0.39, 0.29) is 0 Å². The molecule has 142 valence electrons. The maximum absolute atomic E-state index is 13.9. The Balaban J connectivity index is 2.24. The first-order valence-corrected chi connectivity index (χ1v) is 8.70. The third-order valence-electron chi connectivity index (χ3n) is 4.12. The number of ether oxygens (including phenoxy) is 1. The van der Waals surface area contributed by atoms with Crippen LogP contribution in [0.4, 0.5) is 9.18 Å². The number of hydrogen-bond donors (Lipinski definition) is 2. The van der Waals surface area contributed by atoms with Crippen LogP contribution in [0.1, 0.15) is 36.6 Å². The SMILES string of the molecule is C=C(C)/C(NC(=O)OC(C)c1ccccc1F)=C(\NC)c1ccc(C)cc1. The first-order valence-electron chi connectivity index (χ1n) is 8.70. The fourth-order valence-corrected chi connectivity index (χ4v) is 2.68. The van der Waals surface area contributed by atoms with Crippen LogP contribution in [0.3, 0.4) is 0 Å². The van der Waals surface area contributed by atoms with E-state index in [1.54, 1.807) is 39.1 Å². The number of carbonyl (C=O) groups is 1. The zero-order chi connectivity index (χ0) is 20.0. The Kier molecular flexibility index (Phi) is 6.77. The average Bonchev–Trinajstić information content (AvgIpc) is 2.63. The van der Waals surface area contributed by atoms with Gasteiger partial charge in [0.1, 0.15) is 11.9 Å². The van der Waals surface area contributed by atoms with Crippen molar-refractivity contribution < 1.29 is 13.9 Å². The summed E-state index contributed by atoms with van der Waals surface area (Å²) in [5.74, 6) is -0.413. The molecule has 0 aliphatic carbocycles. The Labute approximate surface area is 159 Å². The second-order valence-corrected chi connectivity index (χ2v) is 6.34. The third kappa shape index (κ3) is 5.20. The summed E-state index contributed by atoms with van der Waals surface area (Å²) in [6, 6.07) is 14.1. The van der Waals surface area contributed by atoms with E-state index in [0.29, 0.717) is 16.8 Å². The average molecular weight is 368 g/mol. The van der Waals surface area contributed by atoms with Gasteiger partial charge in [-0.05, 0) is 38.0 Å². The Morgan fingerprint density at radius 3 is 2.33 bits per heavy atom. The van der Waals surface area contributed by atoms with E-state index in [1.165, 1.54) is 6.07 Å². The maximum atomic E-state index is 13.9. The van der Waals surface area contributed by atoms with Crippen molar-refractivity contribution in [3.8, 4) is 0 Å². The van der Waals surface area contributed by atoms with Crippen LogP contribution in [0, 0.1) is 12.7 Å². The maximum Gasteiger partial charge on any atom is 0.412 e. The van der Waals surface area contributed by atoms with Crippen molar-refractivity contribution in [3.05, 3.63) is 88.9 Å². The lowest BCUT2D eigenvalue weighted by molar-refractivity contribution is 0.108. The molecule has 27 heavy (non-hydrogen) atoms. The molecule has 0 spiro atoms. The van der Waals surface area contributed by atoms with E-state index in [0.717, 1.165) is 16.8 Å². The Morgan fingerprint density at radius 2 is 1.78 bits per heavy atom. The quantitative estimate of drug-likeness (QED) is 0.699. The number of nitrogens with one attached hydrogen (secondary N) is 2. The molecule has 0 bridgehead atoms. The molecule has 1 amide bonds. The molecule has 0 saturated carbocycles. The minimum atomic E-state index is -0.727. The summed E-state index contributed by atoms with van der Waals surface area (Å²) in [5, 5.41) is 5.84. The zero-order valence-corrected chi connectivity index (χ0v) is 16.1. The van der Waals surface area contributed by atoms with Gasteiger partial charge in [-0.1, -0.05) is 54.6 Å². The molecule has 0 fully saturated rings. The molecule has 0 radical (unpaired) electrons. The van der Waals surface area contributed by atoms with Gasteiger partial charge < -0.3 is 10.1 Å². The lowest BCUT2D eigenvalue weighted by Gasteiger charge is -2.19. The normalized spacial score (nSPS) is 12.6. The van der Waals surface area contributed by atoms with Crippen molar-refractivity contribution in [1.29, 1.82) is 0 Å². The smallest absolute Gasteiger partial charge is 0.412 e. The predicted octanol–water partition coefficient (Wildman–Crippen LogP) is 5.09. The number of halogens is 1. The molecular formula is C22H25FN2O2. The minimum Gasteiger partial charge on any atom is -0.441 e. The van der Waals surface area contributed by atoms with E-state index in [1.807, 2.05) is 31.2 Å². The molecule has 1 atom stereocenters. The predicted molar refractivity (Wildman–Crippen MR) is 106 cm³/mol. The van der Waals surface area contributed by atoms with Gasteiger partial charge in [0.05, 0.1) is 11.4 Å². The monoisotopic (exact) mass is 368 g/mol. The highest BCUT2D eigenvalue weighted by molar-refractivity contribution is 5.78. The van der Waals surface area contributed by atoms with Crippen molar-refractivity contribution in [2.75, 3.05) is 7.05 Å². The van der Waals surface area contributed by atoms with Crippen molar-refractivity contribution in [2.45, 2.75) is 26.9 Å². The molecule has 1 unspecified atom stereocenters. The van der Waals surface area contributed by atoms with E-state index >= 15 is 0 Å². The van der Waals surface area contributed by atoms with Gasteiger partial charge in [-0.15, -0.1) is 0 Å². The molecule has 2 aromatic carbocycles. The highest BCUT2D eigenvalue weighted by atomic mass is 19.1. The zero-order valence-electron chi connectivity index (χ0n) is 16.1. The first-order chi connectivity index (χ1) is 12.8. The van der Waals surface area contributed by atoms with E-state index < -0.39 is 18.0 Å². The lowest BCUT2D eigenvalue weighted by atomic mass is 10.1. The summed E-state index contributed by atoms with van der Waals surface area (Å²) in [6.45, 7) is 9.37. The molecule has 2 N–H and O–H groups in total. The van der Waals surface area contributed by atoms with Gasteiger partial charge in [-0.2, -0.15) is 0 Å². The topological polar surface area (TPSA) is 50.4 Å². The van der Waals surface area contributed by atoms with Gasteiger partial charge in [0.15, 0.2) is 0 Å². The Bertz CT molecular complexity index is 857. The third-order valence-corrected chi connectivity index (χ3v) is 4.12. The number of benzene rings is 2. The van der Waals surface area contributed by atoms with Crippen LogP contribution in [0.25, 0.3) is 5.70 Å². The van der Waals surface area contributed by atoms with Gasteiger partial charge in [0.25, 0.3) is 0 Å². The molecule has 0 saturated heterocycles. The van der Waals surface area contributed by atoms with Crippen molar-refractivity contribution >= 4 is 11.8 Å². The van der Waals surface area contributed by atoms with Crippen molar-refractivity contribution in [1.82, 2.24) is 10.6 Å². The van der Waals surface area contributed by atoms with Gasteiger partial charge in [-0.25, -0.2) is 9.18 Å². The number of rotatable bonds is 6. The number of amides is 1. The summed E-state index contributed by atoms with van der Waals surface area (Å²) in [5.41, 5.74) is 4.27. The summed E-state index contributed by atoms with van der Waals surface area (Å²) < 4.78 is 19.2. The van der Waals surface area contributed by atoms with Gasteiger partial charge in [-0.3, -0.25) is 5.32 Å². The number of allylic oxidation sites excluding steroid dienone is 1. The molecule has 4 nitrogen and oxygen atoms in total. The van der Waals surface area contributed by atoms with Gasteiger partial charge in [0, 0.05) is 12.6 Å². The van der Waals surface area contributed by atoms with Crippen LogP contribution in [-0.2, 0) is 4.74 Å². The number of hydrogen-bond acceptors (Lipinski definition) is 3. The first kappa shape index (κ1) is 20.2. The lowest BCUT2D eigenvalue weighted by Crippen LogP contribution is -2.28. The molecular weight excluding hydrogens is 343 g/mol. The molecule has 5 heteroatoms. The molecule has 2 aromatic rings. The highest BCUT2D eigenvalue weighted by Gasteiger charge is 2.18. The van der Waals surface area contributed by atoms with Gasteiger partial charge in [0.2, 0.25) is 0 Å². The van der Waals surface area contributed by atoms with Crippen LogP contribution < -0.4 is 10.6 Å². The van der Waals surface area contributed by atoms with Crippen LogP contribution in [-0.4, -0.2) is 13.1 Å². The van der Waals surface area contributed by atoms with Gasteiger partial charge >= 0.3 is 6.09 Å². The Morgan fingerprint density at radius 1 is 1.15 bits per heavy atom. The van der Waals surface area contributed by atoms with Crippen molar-refractivity contribution in [2.24, 2.45) is 0 Å². The number of aryl methyl sites for hydroxylation is 1. The molecule has 0 aromatic heterocycles. The van der Waals surface area contributed by atoms with Crippen molar-refractivity contribution in [3.63, 3.8) is 0 Å². The van der Waals surface area contributed by atoms with Crippen LogP contribution in [0.5, 0.6) is 0 Å². The summed E-state index contributed by atoms with van der Waals surface area (Å²) in [6.07, 6.45) is -1.40. The molecule has 0 aliphatic rings. The molecule has 0 heterocycles. The second kappa shape index (κ2) is 9.03. The summed E-state index contributed by atoms with van der Waals surface area (Å²) in [4.78, 5) is 12.4. The summed E-state index contributed by atoms with van der Waals surface area (Å²) in [7, 11) is 1.77. The minimum absolute atomic E-state index is 0.320. The largest absolute Gasteiger partial charge is 0.441 e.